The molecular weight excluding hydrogens is 375 g/mol. The molecule has 7 heteroatoms. The standard InChI is InChI=1S/C19H18Cl2N2O3/c1-22(2)19(25)17-11-23(15-5-3-4-6-16(15)26-17)18(24)10-12-7-8-13(20)14(21)9-12/h3-9,17H,10-11H2,1-2H3/t17-/m1/s1. The minimum Gasteiger partial charge on any atom is -0.476 e. The van der Waals surface area contributed by atoms with E-state index in [1.807, 2.05) is 12.1 Å². The number of hydrogen-bond donors (Lipinski definition) is 0. The van der Waals surface area contributed by atoms with Crippen LogP contribution in [0.15, 0.2) is 42.5 Å². The third kappa shape index (κ3) is 3.79. The summed E-state index contributed by atoms with van der Waals surface area (Å²) in [5.74, 6) is 0.184. The fourth-order valence-corrected chi connectivity index (χ4v) is 3.13. The molecule has 0 unspecified atom stereocenters. The fourth-order valence-electron chi connectivity index (χ4n) is 2.81. The van der Waals surface area contributed by atoms with E-state index < -0.39 is 6.10 Å². The molecule has 136 valence electrons. The topological polar surface area (TPSA) is 49.9 Å². The van der Waals surface area contributed by atoms with Crippen LogP contribution in [0.2, 0.25) is 10.0 Å². The van der Waals surface area contributed by atoms with Gasteiger partial charge in [-0.25, -0.2) is 0 Å². The Balaban J connectivity index is 1.87. The molecule has 26 heavy (non-hydrogen) atoms. The molecule has 1 aliphatic heterocycles. The van der Waals surface area contributed by atoms with Gasteiger partial charge in [-0.2, -0.15) is 0 Å². The highest BCUT2D eigenvalue weighted by Crippen LogP contribution is 2.34. The lowest BCUT2D eigenvalue weighted by Gasteiger charge is -2.35. The summed E-state index contributed by atoms with van der Waals surface area (Å²) in [7, 11) is 3.32. The Morgan fingerprint density at radius 1 is 1.15 bits per heavy atom. The quantitative estimate of drug-likeness (QED) is 0.803. The SMILES string of the molecule is CN(C)C(=O)[C@H]1CN(C(=O)Cc2ccc(Cl)c(Cl)c2)c2ccccc2O1. The average Bonchev–Trinajstić information content (AvgIpc) is 2.63. The Bertz CT molecular complexity index is 854. The van der Waals surface area contributed by atoms with Crippen molar-refractivity contribution in [3.05, 3.63) is 58.1 Å². The number of nitrogens with zero attached hydrogens (tertiary/aromatic N) is 2. The molecule has 0 fully saturated rings. The Morgan fingerprint density at radius 2 is 1.88 bits per heavy atom. The van der Waals surface area contributed by atoms with Gasteiger partial charge in [0.2, 0.25) is 5.91 Å². The molecule has 0 saturated heterocycles. The second-order valence-electron chi connectivity index (χ2n) is 6.24. The number of rotatable bonds is 3. The number of amides is 2. The van der Waals surface area contributed by atoms with Crippen LogP contribution in [0.3, 0.4) is 0 Å². The molecule has 2 aromatic rings. The van der Waals surface area contributed by atoms with Gasteiger partial charge < -0.3 is 14.5 Å². The fraction of sp³-hybridized carbons (Fsp3) is 0.263. The Kier molecular flexibility index (Phi) is 5.39. The molecule has 5 nitrogen and oxygen atoms in total. The second kappa shape index (κ2) is 7.56. The highest BCUT2D eigenvalue weighted by Gasteiger charge is 2.34. The largest absolute Gasteiger partial charge is 0.476 e. The summed E-state index contributed by atoms with van der Waals surface area (Å²) in [6, 6.07) is 12.3. The number of carbonyl (C=O) groups is 2. The number of benzene rings is 2. The van der Waals surface area contributed by atoms with Crippen LogP contribution in [0.1, 0.15) is 5.56 Å². The lowest BCUT2D eigenvalue weighted by molar-refractivity contribution is -0.136. The first kappa shape index (κ1) is 18.5. The van der Waals surface area contributed by atoms with E-state index in [1.54, 1.807) is 49.3 Å². The third-order valence-electron chi connectivity index (χ3n) is 4.13. The van der Waals surface area contributed by atoms with E-state index in [-0.39, 0.29) is 24.8 Å². The number of hydrogen-bond acceptors (Lipinski definition) is 3. The van der Waals surface area contributed by atoms with Gasteiger partial charge in [0.25, 0.3) is 5.91 Å². The maximum atomic E-state index is 12.9. The van der Waals surface area contributed by atoms with Crippen molar-refractivity contribution >= 4 is 40.7 Å². The molecule has 1 heterocycles. The van der Waals surface area contributed by atoms with Crippen molar-refractivity contribution in [2.75, 3.05) is 25.5 Å². The molecule has 2 amide bonds. The average molecular weight is 393 g/mol. The first-order chi connectivity index (χ1) is 12.4. The Labute approximate surface area is 162 Å². The zero-order chi connectivity index (χ0) is 18.8. The van der Waals surface area contributed by atoms with Crippen molar-refractivity contribution in [3.8, 4) is 5.75 Å². The van der Waals surface area contributed by atoms with Gasteiger partial charge in [-0.15, -0.1) is 0 Å². The van der Waals surface area contributed by atoms with Crippen molar-refractivity contribution in [1.82, 2.24) is 4.90 Å². The normalized spacial score (nSPS) is 15.8. The van der Waals surface area contributed by atoms with Crippen molar-refractivity contribution in [1.29, 1.82) is 0 Å². The molecule has 0 saturated carbocycles. The zero-order valence-corrected chi connectivity index (χ0v) is 15.9. The van der Waals surface area contributed by atoms with Crippen LogP contribution in [-0.4, -0.2) is 43.5 Å². The molecule has 0 aromatic heterocycles. The maximum Gasteiger partial charge on any atom is 0.265 e. The lowest BCUT2D eigenvalue weighted by Crippen LogP contribution is -2.50. The second-order valence-corrected chi connectivity index (χ2v) is 7.05. The molecule has 0 spiro atoms. The molecular formula is C19H18Cl2N2O3. The number of halogens is 2. The van der Waals surface area contributed by atoms with Crippen molar-refractivity contribution < 1.29 is 14.3 Å². The Hall–Kier alpha value is -2.24. The van der Waals surface area contributed by atoms with Gasteiger partial charge in [-0.3, -0.25) is 9.59 Å². The number of para-hydroxylation sites is 2. The smallest absolute Gasteiger partial charge is 0.265 e. The molecule has 2 aromatic carbocycles. The van der Waals surface area contributed by atoms with Crippen molar-refractivity contribution in [2.45, 2.75) is 12.5 Å². The van der Waals surface area contributed by atoms with Gasteiger partial charge in [0.1, 0.15) is 5.75 Å². The van der Waals surface area contributed by atoms with E-state index in [2.05, 4.69) is 0 Å². The van der Waals surface area contributed by atoms with E-state index >= 15 is 0 Å². The van der Waals surface area contributed by atoms with Crippen molar-refractivity contribution in [2.24, 2.45) is 0 Å². The molecule has 0 N–H and O–H groups in total. The summed E-state index contributed by atoms with van der Waals surface area (Å²) >= 11 is 12.0. The summed E-state index contributed by atoms with van der Waals surface area (Å²) in [6.07, 6.45) is -0.591. The highest BCUT2D eigenvalue weighted by molar-refractivity contribution is 6.42. The predicted octanol–water partition coefficient (Wildman–Crippen LogP) is 3.42. The van der Waals surface area contributed by atoms with Crippen LogP contribution < -0.4 is 9.64 Å². The minimum absolute atomic E-state index is 0.143. The number of fused-ring (bicyclic) bond motifs is 1. The van der Waals surface area contributed by atoms with Gasteiger partial charge in [-0.1, -0.05) is 41.4 Å². The van der Waals surface area contributed by atoms with Gasteiger partial charge in [0.05, 0.1) is 28.7 Å². The Morgan fingerprint density at radius 3 is 2.58 bits per heavy atom. The predicted molar refractivity (Wildman–Crippen MR) is 102 cm³/mol. The van der Waals surface area contributed by atoms with Gasteiger partial charge in [-0.05, 0) is 29.8 Å². The number of ether oxygens (including phenoxy) is 1. The van der Waals surface area contributed by atoms with E-state index in [9.17, 15) is 9.59 Å². The van der Waals surface area contributed by atoms with Crippen LogP contribution >= 0.6 is 23.2 Å². The highest BCUT2D eigenvalue weighted by atomic mass is 35.5. The van der Waals surface area contributed by atoms with Crippen LogP contribution in [0.5, 0.6) is 5.75 Å². The minimum atomic E-state index is -0.738. The van der Waals surface area contributed by atoms with Crippen LogP contribution in [0, 0.1) is 0 Å². The third-order valence-corrected chi connectivity index (χ3v) is 4.87. The van der Waals surface area contributed by atoms with E-state index in [1.165, 1.54) is 4.90 Å². The summed E-state index contributed by atoms with van der Waals surface area (Å²) in [6.45, 7) is 0.161. The monoisotopic (exact) mass is 392 g/mol. The van der Waals surface area contributed by atoms with Crippen LogP contribution in [0.25, 0.3) is 0 Å². The molecule has 3 rings (SSSR count). The molecule has 0 bridgehead atoms. The summed E-state index contributed by atoms with van der Waals surface area (Å²) in [4.78, 5) is 28.3. The first-order valence-corrected chi connectivity index (χ1v) is 8.83. The van der Waals surface area contributed by atoms with E-state index in [0.29, 0.717) is 21.5 Å². The van der Waals surface area contributed by atoms with E-state index in [4.69, 9.17) is 27.9 Å². The van der Waals surface area contributed by atoms with Gasteiger partial charge in [0, 0.05) is 14.1 Å². The number of anilines is 1. The van der Waals surface area contributed by atoms with Gasteiger partial charge in [0.15, 0.2) is 6.10 Å². The molecule has 0 aliphatic carbocycles. The maximum absolute atomic E-state index is 12.9. The summed E-state index contributed by atoms with van der Waals surface area (Å²) in [5.41, 5.74) is 1.41. The number of carbonyl (C=O) groups excluding carboxylic acids is 2. The number of likely N-dealkylation sites (N-methyl/N-ethyl adjacent to an activating group) is 1. The summed E-state index contributed by atoms with van der Waals surface area (Å²) < 4.78 is 5.80. The lowest BCUT2D eigenvalue weighted by atomic mass is 10.1. The first-order valence-electron chi connectivity index (χ1n) is 8.08. The van der Waals surface area contributed by atoms with Crippen molar-refractivity contribution in [3.63, 3.8) is 0 Å². The summed E-state index contributed by atoms with van der Waals surface area (Å²) in [5, 5.41) is 0.844. The van der Waals surface area contributed by atoms with Crippen LogP contribution in [0.4, 0.5) is 5.69 Å². The molecule has 1 aliphatic rings. The zero-order valence-electron chi connectivity index (χ0n) is 14.4. The molecule has 0 radical (unpaired) electrons. The van der Waals surface area contributed by atoms with Crippen LogP contribution in [-0.2, 0) is 16.0 Å². The van der Waals surface area contributed by atoms with Gasteiger partial charge >= 0.3 is 0 Å². The molecule has 1 atom stereocenters. The van der Waals surface area contributed by atoms with E-state index in [0.717, 1.165) is 5.56 Å².